The average Bonchev–Trinajstić information content (AvgIpc) is 2.52. The lowest BCUT2D eigenvalue weighted by molar-refractivity contribution is 0.619. The first-order valence-electron chi connectivity index (χ1n) is 4.91. The van der Waals surface area contributed by atoms with E-state index in [0.29, 0.717) is 23.1 Å². The van der Waals surface area contributed by atoms with Gasteiger partial charge >= 0.3 is 0 Å². The number of nitrogen functional groups attached to an aromatic ring is 1. The van der Waals surface area contributed by atoms with E-state index in [1.54, 1.807) is 17.7 Å². The number of anilines is 1. The molecule has 0 atom stereocenters. The summed E-state index contributed by atoms with van der Waals surface area (Å²) in [6.45, 7) is 2.15. The van der Waals surface area contributed by atoms with Gasteiger partial charge in [0.15, 0.2) is 0 Å². The van der Waals surface area contributed by atoms with Crippen LogP contribution in [0.3, 0.4) is 0 Å². The van der Waals surface area contributed by atoms with E-state index in [9.17, 15) is 4.39 Å². The van der Waals surface area contributed by atoms with E-state index in [1.807, 2.05) is 0 Å². The van der Waals surface area contributed by atoms with Crippen molar-refractivity contribution in [1.29, 1.82) is 0 Å². The molecule has 0 saturated carbocycles. The second kappa shape index (κ2) is 4.66. The molecule has 0 amide bonds. The number of aryl methyl sites for hydroxylation is 1. The Morgan fingerprint density at radius 1 is 1.53 bits per heavy atom. The topological polar surface area (TPSA) is 43.8 Å². The smallest absolute Gasteiger partial charge is 0.141 e. The van der Waals surface area contributed by atoms with Gasteiger partial charge in [0.1, 0.15) is 16.7 Å². The van der Waals surface area contributed by atoms with E-state index in [4.69, 9.17) is 17.3 Å². The second-order valence-corrected chi connectivity index (χ2v) is 4.91. The summed E-state index contributed by atoms with van der Waals surface area (Å²) in [5.41, 5.74) is 7.22. The molecule has 2 N–H and O–H groups in total. The van der Waals surface area contributed by atoms with Gasteiger partial charge in [-0.3, -0.25) is 0 Å². The van der Waals surface area contributed by atoms with Gasteiger partial charge in [0.2, 0.25) is 0 Å². The predicted octanol–water partition coefficient (Wildman–Crippen LogP) is 3.38. The Hall–Kier alpha value is -1.07. The maximum absolute atomic E-state index is 13.1. The van der Waals surface area contributed by atoms with Crippen LogP contribution >= 0.6 is 27.5 Å². The van der Waals surface area contributed by atoms with Crippen LogP contribution in [-0.2, 0) is 6.54 Å². The Morgan fingerprint density at radius 2 is 2.24 bits per heavy atom. The van der Waals surface area contributed by atoms with Crippen molar-refractivity contribution in [2.24, 2.45) is 0 Å². The molecule has 0 saturated heterocycles. The quantitative estimate of drug-likeness (QED) is 0.922. The second-order valence-electron chi connectivity index (χ2n) is 3.68. The van der Waals surface area contributed by atoms with Gasteiger partial charge in [0, 0.05) is 4.47 Å². The summed E-state index contributed by atoms with van der Waals surface area (Å²) >= 11 is 9.30. The van der Waals surface area contributed by atoms with E-state index in [0.717, 1.165) is 10.0 Å². The van der Waals surface area contributed by atoms with Crippen molar-refractivity contribution in [1.82, 2.24) is 9.78 Å². The molecular formula is C11H10BrClFN3. The van der Waals surface area contributed by atoms with Crippen LogP contribution in [0.2, 0.25) is 5.02 Å². The minimum absolute atomic E-state index is 0.295. The van der Waals surface area contributed by atoms with Crippen LogP contribution in [0, 0.1) is 12.7 Å². The summed E-state index contributed by atoms with van der Waals surface area (Å²) in [4.78, 5) is 0. The fraction of sp³-hybridized carbons (Fsp3) is 0.182. The fourth-order valence-corrected chi connectivity index (χ4v) is 2.03. The van der Waals surface area contributed by atoms with E-state index in [-0.39, 0.29) is 5.82 Å². The third-order valence-electron chi connectivity index (χ3n) is 2.42. The zero-order valence-corrected chi connectivity index (χ0v) is 11.4. The Balaban J connectivity index is 2.37. The molecule has 1 aromatic carbocycles. The van der Waals surface area contributed by atoms with Crippen LogP contribution in [0.15, 0.2) is 22.7 Å². The van der Waals surface area contributed by atoms with Crippen LogP contribution in [-0.4, -0.2) is 9.78 Å². The molecule has 0 aliphatic heterocycles. The third-order valence-corrected chi connectivity index (χ3v) is 3.66. The van der Waals surface area contributed by atoms with Crippen molar-refractivity contribution in [2.75, 3.05) is 5.73 Å². The van der Waals surface area contributed by atoms with Crippen molar-refractivity contribution < 1.29 is 4.39 Å². The standard InChI is InChI=1S/C11H10BrClFN3/c1-6-10(13)11(15)17(16-6)5-7-4-8(14)2-3-9(7)12/h2-4H,5,15H2,1H3. The van der Waals surface area contributed by atoms with Crippen molar-refractivity contribution in [3.05, 3.63) is 44.8 Å². The van der Waals surface area contributed by atoms with Crippen LogP contribution in [0.1, 0.15) is 11.3 Å². The van der Waals surface area contributed by atoms with Crippen LogP contribution in [0.4, 0.5) is 10.2 Å². The minimum atomic E-state index is -0.295. The van der Waals surface area contributed by atoms with Crippen molar-refractivity contribution in [3.63, 3.8) is 0 Å². The summed E-state index contributed by atoms with van der Waals surface area (Å²) in [6.07, 6.45) is 0. The predicted molar refractivity (Wildman–Crippen MR) is 69.6 cm³/mol. The molecule has 1 aromatic heterocycles. The number of halogens is 3. The Labute approximate surface area is 112 Å². The van der Waals surface area contributed by atoms with E-state index in [2.05, 4.69) is 21.0 Å². The molecule has 2 rings (SSSR count). The maximum Gasteiger partial charge on any atom is 0.141 e. The lowest BCUT2D eigenvalue weighted by atomic mass is 10.2. The first-order valence-corrected chi connectivity index (χ1v) is 6.08. The van der Waals surface area contributed by atoms with Gasteiger partial charge < -0.3 is 5.73 Å². The monoisotopic (exact) mass is 317 g/mol. The van der Waals surface area contributed by atoms with Gasteiger partial charge in [-0.05, 0) is 30.7 Å². The van der Waals surface area contributed by atoms with Crippen molar-refractivity contribution in [2.45, 2.75) is 13.5 Å². The van der Waals surface area contributed by atoms with Gasteiger partial charge in [-0.1, -0.05) is 27.5 Å². The molecule has 0 fully saturated rings. The summed E-state index contributed by atoms with van der Waals surface area (Å²) in [5.74, 6) is 0.0945. The zero-order valence-electron chi connectivity index (χ0n) is 9.04. The molecule has 1 heterocycles. The highest BCUT2D eigenvalue weighted by atomic mass is 79.9. The van der Waals surface area contributed by atoms with Gasteiger partial charge in [-0.25, -0.2) is 9.07 Å². The van der Waals surface area contributed by atoms with Crippen LogP contribution in [0.25, 0.3) is 0 Å². The molecule has 3 nitrogen and oxygen atoms in total. The number of aromatic nitrogens is 2. The molecule has 0 unspecified atom stereocenters. The molecule has 17 heavy (non-hydrogen) atoms. The number of hydrogen-bond donors (Lipinski definition) is 1. The normalized spacial score (nSPS) is 10.8. The average molecular weight is 319 g/mol. The first kappa shape index (κ1) is 12.4. The Bertz CT molecular complexity index is 568. The van der Waals surface area contributed by atoms with Gasteiger partial charge in [-0.2, -0.15) is 5.10 Å². The first-order chi connectivity index (χ1) is 7.99. The SMILES string of the molecule is Cc1nn(Cc2cc(F)ccc2Br)c(N)c1Cl. The van der Waals surface area contributed by atoms with Crippen molar-refractivity contribution >= 4 is 33.3 Å². The van der Waals surface area contributed by atoms with Crippen LogP contribution in [0.5, 0.6) is 0 Å². The zero-order chi connectivity index (χ0) is 12.6. The molecule has 0 radical (unpaired) electrons. The molecule has 0 aliphatic rings. The minimum Gasteiger partial charge on any atom is -0.383 e. The lowest BCUT2D eigenvalue weighted by Crippen LogP contribution is -2.06. The van der Waals surface area contributed by atoms with Crippen LogP contribution < -0.4 is 5.73 Å². The molecule has 2 aromatic rings. The molecule has 0 bridgehead atoms. The van der Waals surface area contributed by atoms with E-state index >= 15 is 0 Å². The number of nitrogens with two attached hydrogens (primary N) is 1. The number of rotatable bonds is 2. The lowest BCUT2D eigenvalue weighted by Gasteiger charge is -2.06. The number of hydrogen-bond acceptors (Lipinski definition) is 2. The summed E-state index contributed by atoms with van der Waals surface area (Å²) in [6, 6.07) is 4.48. The number of nitrogens with zero attached hydrogens (tertiary/aromatic N) is 2. The highest BCUT2D eigenvalue weighted by molar-refractivity contribution is 9.10. The highest BCUT2D eigenvalue weighted by Gasteiger charge is 2.11. The molecule has 0 aliphatic carbocycles. The summed E-state index contributed by atoms with van der Waals surface area (Å²) in [5, 5.41) is 4.63. The maximum atomic E-state index is 13.1. The van der Waals surface area contributed by atoms with E-state index in [1.165, 1.54) is 12.1 Å². The molecule has 6 heteroatoms. The molecule has 90 valence electrons. The molecular weight excluding hydrogens is 308 g/mol. The van der Waals surface area contributed by atoms with Crippen molar-refractivity contribution in [3.8, 4) is 0 Å². The number of benzene rings is 1. The van der Waals surface area contributed by atoms with Gasteiger partial charge in [0.05, 0.1) is 12.2 Å². The summed E-state index contributed by atoms with van der Waals surface area (Å²) < 4.78 is 15.5. The third kappa shape index (κ3) is 2.45. The highest BCUT2D eigenvalue weighted by Crippen LogP contribution is 2.25. The Kier molecular flexibility index (Phi) is 3.40. The molecule has 0 spiro atoms. The summed E-state index contributed by atoms with van der Waals surface area (Å²) in [7, 11) is 0. The fourth-order valence-electron chi connectivity index (χ4n) is 1.52. The van der Waals surface area contributed by atoms with Gasteiger partial charge in [0.25, 0.3) is 0 Å². The largest absolute Gasteiger partial charge is 0.383 e. The Morgan fingerprint density at radius 3 is 2.82 bits per heavy atom. The van der Waals surface area contributed by atoms with Gasteiger partial charge in [-0.15, -0.1) is 0 Å². The van der Waals surface area contributed by atoms with E-state index < -0.39 is 0 Å².